The first-order chi connectivity index (χ1) is 40.3. The zero-order chi connectivity index (χ0) is 65.1. The summed E-state index contributed by atoms with van der Waals surface area (Å²) in [5.74, 6) is 0. The number of quaternary nitrogens is 2. The standard InChI is InChI=1S/3C13H27NS2.3C4H10N2.2C2H7N.3CH3NS2.2Mn/c3*1-2-3-4-5-6-7-8-9-10-11-12-14-13(15)16;3*1-2-6-4-3-5-1;2*1-3-2;3*2-1(3)4;;/h3*2-12H2,1H3,(H2,14,15,16);3*5-6H,1-4H2;2*3H,1-2H3;3*(H3,2,3,4);;/q;;;;;;;;;;;2*+2/p-4. The van der Waals surface area contributed by atoms with Gasteiger partial charge in [0.2, 0.25) is 0 Å². The molecule has 0 atom stereocenters. The number of hydrogen-bond acceptors (Lipinski definition) is 18. The van der Waals surface area contributed by atoms with Crippen LogP contribution in [0.3, 0.4) is 0 Å². The quantitative estimate of drug-likeness (QED) is 0.0133. The molecule has 3 aliphatic rings. The predicted molar refractivity (Wildman–Crippen MR) is 417 cm³/mol. The van der Waals surface area contributed by atoms with E-state index < -0.39 is 0 Å². The fraction of sp³-hybridized carbons (Fsp3) is 0.897. The Bertz CT molecular complexity index is 1090. The molecule has 86 heavy (non-hydrogen) atoms. The summed E-state index contributed by atoms with van der Waals surface area (Å²) in [6.07, 6.45) is 41.1. The van der Waals surface area contributed by atoms with Crippen LogP contribution >= 0.6 is 73.3 Å². The zero-order valence-corrected chi connectivity index (χ0v) is 67.0. The molecule has 3 aliphatic heterocycles. The minimum absolute atomic E-state index is 0. The van der Waals surface area contributed by atoms with Gasteiger partial charge in [0.25, 0.3) is 0 Å². The van der Waals surface area contributed by atoms with Crippen molar-refractivity contribution in [3.05, 3.63) is 0 Å². The van der Waals surface area contributed by atoms with E-state index in [4.69, 9.17) is 74.5 Å². The first-order valence-electron chi connectivity index (χ1n) is 31.8. The number of unbranched alkanes of at least 4 members (excludes halogenated alkanes) is 27. The van der Waals surface area contributed by atoms with E-state index in [1.807, 2.05) is 38.8 Å². The van der Waals surface area contributed by atoms with Crippen molar-refractivity contribution in [2.45, 2.75) is 213 Å². The Labute approximate surface area is 618 Å². The molecule has 3 rings (SSSR count). The molecule has 0 aromatic rings. The number of rotatable bonds is 33. The fourth-order valence-electron chi connectivity index (χ4n) is 7.22. The average molecular weight is 1520 g/mol. The molecule has 0 saturated carbocycles. The van der Waals surface area contributed by atoms with Gasteiger partial charge in [-0.05, 0) is 19.3 Å². The van der Waals surface area contributed by atoms with E-state index in [0.717, 1.165) is 98.2 Å². The second-order valence-corrected chi connectivity index (χ2v) is 26.4. The monoisotopic (exact) mass is 1520 g/mol. The fourth-order valence-corrected chi connectivity index (χ4v) is 7.83. The Morgan fingerprint density at radius 2 is 0.395 bits per heavy atom. The Balaban J connectivity index is -0.0000000975. The van der Waals surface area contributed by atoms with Crippen LogP contribution in [0.25, 0.3) is 0 Å². The van der Waals surface area contributed by atoms with Crippen molar-refractivity contribution in [3.8, 4) is 0 Å². The summed E-state index contributed by atoms with van der Waals surface area (Å²) in [7, 11) is 8.00. The first-order valence-corrected chi connectivity index (χ1v) is 36.7. The maximum absolute atomic E-state index is 4.77. The third kappa shape index (κ3) is 178. The van der Waals surface area contributed by atoms with E-state index in [1.54, 1.807) is 0 Å². The Morgan fingerprint density at radius 1 is 0.291 bits per heavy atom. The molecule has 0 aliphatic carbocycles. The van der Waals surface area contributed by atoms with Gasteiger partial charge in [-0.1, -0.05) is 220 Å². The zero-order valence-electron chi connectivity index (χ0n) is 54.9. The molecular weight excluding hydrogens is 1390 g/mol. The Hall–Kier alpha value is 1.38. The summed E-state index contributed by atoms with van der Waals surface area (Å²) in [6.45, 7) is 23.3. The van der Waals surface area contributed by atoms with Crippen LogP contribution in [0.4, 0.5) is 0 Å². The molecule has 3 saturated heterocycles. The molecule has 0 unspecified atom stereocenters. The van der Waals surface area contributed by atoms with Gasteiger partial charge in [0, 0.05) is 98.2 Å². The van der Waals surface area contributed by atoms with Crippen LogP contribution in [0.5, 0.6) is 0 Å². The molecule has 2 radical (unpaired) electrons. The van der Waals surface area contributed by atoms with Gasteiger partial charge in [0.05, 0.1) is 28.2 Å². The average Bonchev–Trinajstić information content (AvgIpc) is 3.45. The second kappa shape index (κ2) is 111. The van der Waals surface area contributed by atoms with Crippen molar-refractivity contribution >= 4 is 175 Å². The van der Waals surface area contributed by atoms with E-state index in [-0.39, 0.29) is 47.1 Å². The molecular formula is C58H130Mn2N14S12. The number of thiocarbonyl (C=S) groups is 6. The minimum Gasteiger partial charge on any atom is -0.415 e. The summed E-state index contributed by atoms with van der Waals surface area (Å²) in [6, 6.07) is 0. The molecule has 19 N–H and O–H groups in total. The first kappa shape index (κ1) is 109. The molecule has 3 heterocycles. The van der Waals surface area contributed by atoms with Gasteiger partial charge >= 0.3 is 34.1 Å². The summed E-state index contributed by atoms with van der Waals surface area (Å²) in [4.78, 5) is 0. The van der Waals surface area contributed by atoms with E-state index in [2.05, 4.69) is 160 Å². The van der Waals surface area contributed by atoms with Crippen LogP contribution in [-0.4, -0.2) is 152 Å². The largest absolute Gasteiger partial charge is 2.00 e. The molecule has 3 fully saturated rings. The summed E-state index contributed by atoms with van der Waals surface area (Å²) >= 11 is 53.4. The van der Waals surface area contributed by atoms with E-state index in [0.29, 0.717) is 13.0 Å². The maximum Gasteiger partial charge on any atom is 2.00 e. The van der Waals surface area contributed by atoms with Crippen molar-refractivity contribution in [2.75, 3.05) is 126 Å². The van der Waals surface area contributed by atoms with Crippen molar-refractivity contribution in [2.24, 2.45) is 17.2 Å². The van der Waals surface area contributed by atoms with Crippen LogP contribution in [-0.2, 0) is 110 Å². The van der Waals surface area contributed by atoms with Gasteiger partial charge in [0.1, 0.15) is 0 Å². The van der Waals surface area contributed by atoms with E-state index in [9.17, 15) is 0 Å². The molecule has 14 nitrogen and oxygen atoms in total. The van der Waals surface area contributed by atoms with E-state index >= 15 is 0 Å². The van der Waals surface area contributed by atoms with Crippen LogP contribution in [0.2, 0.25) is 0 Å². The third-order valence-electron chi connectivity index (χ3n) is 11.3. The number of piperazine rings is 3. The molecule has 0 aromatic carbocycles. The van der Waals surface area contributed by atoms with Crippen molar-refractivity contribution in [1.82, 2.24) is 47.9 Å². The molecule has 0 spiro atoms. The van der Waals surface area contributed by atoms with E-state index in [1.165, 1.54) is 193 Å². The predicted octanol–water partition coefficient (Wildman–Crippen LogP) is 7.47. The Kier molecular flexibility index (Phi) is 140. The maximum atomic E-state index is 4.77. The van der Waals surface area contributed by atoms with Gasteiger partial charge < -0.3 is 225 Å². The van der Waals surface area contributed by atoms with Crippen LogP contribution < -0.4 is 75.7 Å². The normalized spacial score (nSPS) is 12.0. The van der Waals surface area contributed by atoms with Gasteiger partial charge in [-0.2, -0.15) is 0 Å². The van der Waals surface area contributed by atoms with Crippen molar-refractivity contribution in [1.29, 1.82) is 0 Å². The number of hydrogen-bond donors (Lipinski definition) is 14. The summed E-state index contributed by atoms with van der Waals surface area (Å²) < 4.78 is 1.78. The van der Waals surface area contributed by atoms with Crippen molar-refractivity contribution < 1.29 is 44.8 Å². The molecule has 0 bridgehead atoms. The third-order valence-corrected chi connectivity index (χ3v) is 12.1. The van der Waals surface area contributed by atoms with Gasteiger partial charge in [-0.15, -0.1) is 0 Å². The van der Waals surface area contributed by atoms with Gasteiger partial charge in [-0.25, -0.2) is 0 Å². The number of nitrogens with two attached hydrogens (primary N) is 5. The SMILES string of the molecule is C1CNCCN1.C1CNCCN1.C1CNCCN1.CCCCCCCCCCCCNC(=S)[S-].CCCCCCCCCCCCNC(=S)[S-].CCCCCCCCCCCCNC(=S)[S-].C[NH2+]C.C[NH2+]C.NC(=S)[S-].NC(=S)[S-].NC(=S)[S-].[Mn+2].[Mn+2]. The molecule has 0 aromatic heterocycles. The van der Waals surface area contributed by atoms with Gasteiger partial charge in [0.15, 0.2) is 0 Å². The van der Waals surface area contributed by atoms with Gasteiger partial charge in [-0.3, -0.25) is 0 Å². The Morgan fingerprint density at radius 3 is 0.488 bits per heavy atom. The smallest absolute Gasteiger partial charge is 0.415 e. The van der Waals surface area contributed by atoms with Crippen LogP contribution in [0, 0.1) is 0 Å². The molecule has 28 heteroatoms. The number of nitrogens with one attached hydrogen (secondary N) is 9. The molecule has 518 valence electrons. The molecule has 0 amide bonds. The summed E-state index contributed by atoms with van der Waals surface area (Å²) in [5, 5.41) is 32.4. The minimum atomic E-state index is 0. The summed E-state index contributed by atoms with van der Waals surface area (Å²) in [5.41, 5.74) is 14.0. The van der Waals surface area contributed by atoms with Crippen LogP contribution in [0.1, 0.15) is 213 Å². The topological polar surface area (TPSA) is 220 Å². The second-order valence-electron chi connectivity index (χ2n) is 19.8. The van der Waals surface area contributed by atoms with Crippen LogP contribution in [0.15, 0.2) is 0 Å². The van der Waals surface area contributed by atoms with Crippen molar-refractivity contribution in [3.63, 3.8) is 0 Å².